The van der Waals surface area contributed by atoms with Crippen molar-refractivity contribution in [1.29, 1.82) is 0 Å². The normalized spacial score (nSPS) is 16.9. The molecule has 1 heterocycles. The number of carbonyl (C=O) groups is 1. The molecule has 0 spiro atoms. The van der Waals surface area contributed by atoms with E-state index >= 15 is 0 Å². The monoisotopic (exact) mass is 355 g/mol. The van der Waals surface area contributed by atoms with E-state index in [1.54, 1.807) is 18.9 Å². The summed E-state index contributed by atoms with van der Waals surface area (Å²) in [5, 5.41) is 0. The van der Waals surface area contributed by atoms with Gasteiger partial charge in [0.2, 0.25) is 5.91 Å². The molecule has 132 valence electrons. The zero-order chi connectivity index (χ0) is 17.6. The van der Waals surface area contributed by atoms with Crippen LogP contribution in [0.1, 0.15) is 29.0 Å². The summed E-state index contributed by atoms with van der Waals surface area (Å²) in [5.74, 6) is 3.03. The lowest BCUT2D eigenvalue weighted by atomic mass is 9.98. The van der Waals surface area contributed by atoms with Crippen LogP contribution in [-0.2, 0) is 10.5 Å². The smallest absolute Gasteiger partial charge is 0.232 e. The molecule has 1 unspecified atom stereocenters. The number of thioether (sulfide) groups is 1. The number of ether oxygens (including phenoxy) is 1. The summed E-state index contributed by atoms with van der Waals surface area (Å²) in [4.78, 5) is 14.5. The van der Waals surface area contributed by atoms with Crippen LogP contribution in [0, 0.1) is 6.92 Å². The predicted octanol–water partition coefficient (Wildman–Crippen LogP) is 4.25. The van der Waals surface area contributed by atoms with Crippen LogP contribution in [0.4, 0.5) is 0 Å². The number of aryl methyl sites for hydroxylation is 1. The topological polar surface area (TPSA) is 29.5 Å². The lowest BCUT2D eigenvalue weighted by molar-refractivity contribution is -0.127. The average Bonchev–Trinajstić information content (AvgIpc) is 3.12. The molecule has 2 aromatic rings. The molecular weight excluding hydrogens is 330 g/mol. The van der Waals surface area contributed by atoms with Crippen LogP contribution in [0.25, 0.3) is 0 Å². The number of rotatable bonds is 6. The highest BCUT2D eigenvalue weighted by atomic mass is 32.2. The minimum absolute atomic E-state index is 0.258. The maximum atomic E-state index is 12.5. The molecule has 2 aromatic carbocycles. The first kappa shape index (κ1) is 17.9. The number of benzene rings is 2. The minimum Gasteiger partial charge on any atom is -0.497 e. The summed E-state index contributed by atoms with van der Waals surface area (Å²) in [6.45, 7) is 3.79. The van der Waals surface area contributed by atoms with Crippen molar-refractivity contribution in [3.8, 4) is 5.75 Å². The van der Waals surface area contributed by atoms with Gasteiger partial charge in [0.05, 0.1) is 12.9 Å². The van der Waals surface area contributed by atoms with Gasteiger partial charge in [0.1, 0.15) is 5.75 Å². The lowest BCUT2D eigenvalue weighted by Gasteiger charge is -2.17. The van der Waals surface area contributed by atoms with Crippen LogP contribution in [0.5, 0.6) is 5.75 Å². The fraction of sp³-hybridized carbons (Fsp3) is 0.381. The highest BCUT2D eigenvalue weighted by Gasteiger charge is 2.27. The van der Waals surface area contributed by atoms with Crippen molar-refractivity contribution in [2.75, 3.05) is 26.0 Å². The minimum atomic E-state index is 0.258. The van der Waals surface area contributed by atoms with E-state index in [2.05, 4.69) is 43.3 Å². The Bertz CT molecular complexity index is 714. The summed E-state index contributed by atoms with van der Waals surface area (Å²) in [6.07, 6.45) is 1.04. The third-order valence-corrected chi connectivity index (χ3v) is 5.69. The van der Waals surface area contributed by atoms with Crippen LogP contribution in [0.3, 0.4) is 0 Å². The number of amides is 1. The van der Waals surface area contributed by atoms with Crippen molar-refractivity contribution in [2.45, 2.75) is 25.0 Å². The molecule has 0 aromatic heterocycles. The highest BCUT2D eigenvalue weighted by molar-refractivity contribution is 7.99. The van der Waals surface area contributed by atoms with Crippen LogP contribution in [0.2, 0.25) is 0 Å². The van der Waals surface area contributed by atoms with Crippen LogP contribution >= 0.6 is 11.8 Å². The van der Waals surface area contributed by atoms with Crippen molar-refractivity contribution < 1.29 is 9.53 Å². The fourth-order valence-corrected chi connectivity index (χ4v) is 4.16. The predicted molar refractivity (Wildman–Crippen MR) is 104 cm³/mol. The lowest BCUT2D eigenvalue weighted by Crippen LogP contribution is -2.30. The Balaban J connectivity index is 1.47. The summed E-state index contributed by atoms with van der Waals surface area (Å²) in [6, 6.07) is 16.7. The number of nitrogens with zero attached hydrogens (tertiary/aromatic N) is 1. The molecule has 3 rings (SSSR count). The Morgan fingerprint density at radius 2 is 2.04 bits per heavy atom. The van der Waals surface area contributed by atoms with Gasteiger partial charge in [-0.25, -0.2) is 0 Å². The van der Waals surface area contributed by atoms with E-state index in [0.29, 0.717) is 11.7 Å². The van der Waals surface area contributed by atoms with Crippen molar-refractivity contribution in [3.05, 3.63) is 65.2 Å². The molecule has 0 saturated carbocycles. The fourth-order valence-electron chi connectivity index (χ4n) is 3.28. The van der Waals surface area contributed by atoms with E-state index < -0.39 is 0 Å². The quantitative estimate of drug-likeness (QED) is 0.776. The van der Waals surface area contributed by atoms with Crippen LogP contribution in [-0.4, -0.2) is 36.8 Å². The zero-order valence-corrected chi connectivity index (χ0v) is 15.7. The first-order valence-corrected chi connectivity index (χ1v) is 9.86. The van der Waals surface area contributed by atoms with Gasteiger partial charge < -0.3 is 9.64 Å². The molecule has 1 atom stereocenters. The molecule has 4 heteroatoms. The largest absolute Gasteiger partial charge is 0.497 e. The molecule has 1 aliphatic heterocycles. The number of hydrogen-bond acceptors (Lipinski definition) is 3. The Labute approximate surface area is 154 Å². The molecular formula is C21H25NO2S. The maximum Gasteiger partial charge on any atom is 0.232 e. The molecule has 1 amide bonds. The summed E-state index contributed by atoms with van der Waals surface area (Å²) in [7, 11) is 1.68. The van der Waals surface area contributed by atoms with E-state index in [4.69, 9.17) is 4.74 Å². The van der Waals surface area contributed by atoms with Crippen molar-refractivity contribution >= 4 is 17.7 Å². The SMILES string of the molecule is COc1ccc(C2CCN(C(=O)CSCc3cccc(C)c3)C2)cc1. The molecule has 0 aliphatic carbocycles. The molecule has 0 radical (unpaired) electrons. The average molecular weight is 356 g/mol. The van der Waals surface area contributed by atoms with E-state index in [9.17, 15) is 4.79 Å². The van der Waals surface area contributed by atoms with E-state index in [1.807, 2.05) is 17.0 Å². The Morgan fingerprint density at radius 3 is 2.76 bits per heavy atom. The maximum absolute atomic E-state index is 12.5. The van der Waals surface area contributed by atoms with Gasteiger partial charge in [-0.2, -0.15) is 0 Å². The molecule has 1 fully saturated rings. The molecule has 25 heavy (non-hydrogen) atoms. The van der Waals surface area contributed by atoms with Gasteiger partial charge >= 0.3 is 0 Å². The Morgan fingerprint density at radius 1 is 1.24 bits per heavy atom. The second kappa shape index (κ2) is 8.43. The second-order valence-electron chi connectivity index (χ2n) is 6.58. The highest BCUT2D eigenvalue weighted by Crippen LogP contribution is 2.29. The summed E-state index contributed by atoms with van der Waals surface area (Å²) < 4.78 is 5.21. The number of methoxy groups -OCH3 is 1. The zero-order valence-electron chi connectivity index (χ0n) is 14.9. The summed E-state index contributed by atoms with van der Waals surface area (Å²) >= 11 is 1.70. The van der Waals surface area contributed by atoms with Gasteiger partial charge in [0.15, 0.2) is 0 Å². The standard InChI is InChI=1S/C21H25NO2S/c1-16-4-3-5-17(12-16)14-25-15-21(23)22-11-10-19(13-22)18-6-8-20(24-2)9-7-18/h3-9,12,19H,10-11,13-15H2,1-2H3. The number of hydrogen-bond donors (Lipinski definition) is 0. The summed E-state index contributed by atoms with van der Waals surface area (Å²) in [5.41, 5.74) is 3.85. The second-order valence-corrected chi connectivity index (χ2v) is 7.57. The van der Waals surface area contributed by atoms with Crippen molar-refractivity contribution in [1.82, 2.24) is 4.90 Å². The molecule has 0 bridgehead atoms. The molecule has 1 saturated heterocycles. The van der Waals surface area contributed by atoms with Crippen molar-refractivity contribution in [2.24, 2.45) is 0 Å². The van der Waals surface area contributed by atoms with Gasteiger partial charge in [-0.15, -0.1) is 11.8 Å². The number of likely N-dealkylation sites (tertiary alicyclic amines) is 1. The first-order chi connectivity index (χ1) is 12.2. The molecule has 0 N–H and O–H groups in total. The van der Waals surface area contributed by atoms with E-state index in [-0.39, 0.29) is 5.91 Å². The first-order valence-electron chi connectivity index (χ1n) is 8.70. The van der Waals surface area contributed by atoms with Gasteiger partial charge in [-0.1, -0.05) is 42.0 Å². The van der Waals surface area contributed by atoms with Crippen LogP contribution < -0.4 is 4.74 Å². The van der Waals surface area contributed by atoms with Gasteiger partial charge in [-0.3, -0.25) is 4.79 Å². The third-order valence-electron chi connectivity index (χ3n) is 4.70. The Hall–Kier alpha value is -1.94. The van der Waals surface area contributed by atoms with E-state index in [0.717, 1.165) is 31.0 Å². The van der Waals surface area contributed by atoms with Crippen LogP contribution in [0.15, 0.2) is 48.5 Å². The number of carbonyl (C=O) groups excluding carboxylic acids is 1. The molecule has 3 nitrogen and oxygen atoms in total. The van der Waals surface area contributed by atoms with Crippen molar-refractivity contribution in [3.63, 3.8) is 0 Å². The van der Waals surface area contributed by atoms with Gasteiger partial charge in [-0.05, 0) is 36.6 Å². The third kappa shape index (κ3) is 4.79. The Kier molecular flexibility index (Phi) is 6.03. The molecule has 1 aliphatic rings. The van der Waals surface area contributed by atoms with Gasteiger partial charge in [0, 0.05) is 24.8 Å². The van der Waals surface area contributed by atoms with E-state index in [1.165, 1.54) is 16.7 Å². The van der Waals surface area contributed by atoms with Gasteiger partial charge in [0.25, 0.3) is 0 Å².